The second-order valence-corrected chi connectivity index (χ2v) is 9.51. The van der Waals surface area contributed by atoms with Gasteiger partial charge in [-0.15, -0.1) is 0 Å². The molecule has 3 rings (SSSR count). The fourth-order valence-corrected chi connectivity index (χ4v) is 4.50. The van der Waals surface area contributed by atoms with E-state index in [4.69, 9.17) is 0 Å². The Kier molecular flexibility index (Phi) is 7.22. The quantitative estimate of drug-likeness (QED) is 0.283. The van der Waals surface area contributed by atoms with Gasteiger partial charge in [0.1, 0.15) is 6.54 Å². The lowest BCUT2D eigenvalue weighted by atomic mass is 10.1. The second kappa shape index (κ2) is 9.86. The fraction of sp³-hybridized carbons (Fsp3) is 0.0909. The molecule has 0 aliphatic carbocycles. The minimum Gasteiger partial charge on any atom is -0.271 e. The van der Waals surface area contributed by atoms with Crippen molar-refractivity contribution in [2.75, 3.05) is 10.8 Å². The summed E-state index contributed by atoms with van der Waals surface area (Å²) in [6.07, 6.45) is 0. The number of hydrazone groups is 1. The van der Waals surface area contributed by atoms with Crippen LogP contribution in [0.15, 0.2) is 94.9 Å². The molecule has 0 aliphatic rings. The molecule has 0 spiro atoms. The maximum Gasteiger partial charge on any atom is 0.264 e. The van der Waals surface area contributed by atoms with Crippen LogP contribution >= 0.6 is 22.6 Å². The summed E-state index contributed by atoms with van der Waals surface area (Å²) in [5.41, 5.74) is 4.35. The maximum atomic E-state index is 13.2. The molecule has 8 heteroatoms. The highest BCUT2D eigenvalue weighted by atomic mass is 127. The molecule has 6 nitrogen and oxygen atoms in total. The van der Waals surface area contributed by atoms with Crippen LogP contribution in [0.2, 0.25) is 0 Å². The topological polar surface area (TPSA) is 78.8 Å². The van der Waals surface area contributed by atoms with Crippen LogP contribution in [0.25, 0.3) is 0 Å². The number of benzene rings is 3. The number of hydrogen-bond acceptors (Lipinski definition) is 4. The Morgan fingerprint density at radius 1 is 0.933 bits per heavy atom. The first-order valence-corrected chi connectivity index (χ1v) is 11.6. The van der Waals surface area contributed by atoms with Gasteiger partial charge >= 0.3 is 0 Å². The number of hydrogen-bond donors (Lipinski definition) is 1. The Bertz CT molecular complexity index is 1130. The van der Waals surface area contributed by atoms with E-state index in [0.29, 0.717) is 11.4 Å². The summed E-state index contributed by atoms with van der Waals surface area (Å²) in [7, 11) is -3.92. The van der Waals surface area contributed by atoms with Gasteiger partial charge in [-0.2, -0.15) is 5.10 Å². The van der Waals surface area contributed by atoms with Crippen molar-refractivity contribution < 1.29 is 13.2 Å². The minimum atomic E-state index is -3.92. The van der Waals surface area contributed by atoms with Crippen molar-refractivity contribution >= 4 is 49.9 Å². The molecule has 0 unspecified atom stereocenters. The third-order valence-electron chi connectivity index (χ3n) is 4.27. The molecule has 0 bridgehead atoms. The summed E-state index contributed by atoms with van der Waals surface area (Å²) in [5, 5.41) is 4.12. The van der Waals surface area contributed by atoms with Crippen LogP contribution in [0.4, 0.5) is 5.69 Å². The fourth-order valence-electron chi connectivity index (χ4n) is 2.70. The van der Waals surface area contributed by atoms with Crippen molar-refractivity contribution in [2.24, 2.45) is 5.10 Å². The Hall–Kier alpha value is -2.72. The number of nitrogens with zero attached hydrogens (tertiary/aromatic N) is 2. The number of nitrogens with one attached hydrogen (secondary N) is 1. The highest BCUT2D eigenvalue weighted by Crippen LogP contribution is 2.23. The van der Waals surface area contributed by atoms with Crippen LogP contribution in [-0.2, 0) is 14.8 Å². The highest BCUT2D eigenvalue weighted by molar-refractivity contribution is 14.1. The first-order chi connectivity index (χ1) is 14.4. The van der Waals surface area contributed by atoms with Gasteiger partial charge in [0.05, 0.1) is 16.3 Å². The lowest BCUT2D eigenvalue weighted by Gasteiger charge is -2.23. The molecule has 0 aliphatic heterocycles. The van der Waals surface area contributed by atoms with Crippen LogP contribution in [-0.4, -0.2) is 26.6 Å². The van der Waals surface area contributed by atoms with Gasteiger partial charge in [0.2, 0.25) is 0 Å². The standard InChI is InChI=1S/C22H20IN3O3S/c1-17(18-12-14-19(23)15-13-18)24-25-22(27)16-26(20-8-4-2-5-9-20)30(28,29)21-10-6-3-7-11-21/h2-15H,16H2,1H3,(H,25,27)/b24-17-. The van der Waals surface area contributed by atoms with Gasteiger partial charge in [-0.25, -0.2) is 13.8 Å². The lowest BCUT2D eigenvalue weighted by Crippen LogP contribution is -2.39. The largest absolute Gasteiger partial charge is 0.271 e. The molecule has 0 heterocycles. The van der Waals surface area contributed by atoms with E-state index >= 15 is 0 Å². The number of halogens is 1. The van der Waals surface area contributed by atoms with Crippen LogP contribution in [0.1, 0.15) is 12.5 Å². The molecule has 3 aromatic rings. The van der Waals surface area contributed by atoms with Gasteiger partial charge in [-0.1, -0.05) is 48.5 Å². The molecule has 3 aromatic carbocycles. The summed E-state index contributed by atoms with van der Waals surface area (Å²) in [6, 6.07) is 24.3. The van der Waals surface area contributed by atoms with Crippen LogP contribution in [0.5, 0.6) is 0 Å². The average molecular weight is 533 g/mol. The zero-order chi connectivity index (χ0) is 21.6. The van der Waals surface area contributed by atoms with Gasteiger partial charge in [-0.3, -0.25) is 9.10 Å². The van der Waals surface area contributed by atoms with E-state index in [0.717, 1.165) is 13.4 Å². The highest BCUT2D eigenvalue weighted by Gasteiger charge is 2.26. The molecule has 0 atom stereocenters. The van der Waals surface area contributed by atoms with Gasteiger partial charge in [0.25, 0.3) is 15.9 Å². The molecule has 0 saturated carbocycles. The average Bonchev–Trinajstić information content (AvgIpc) is 2.77. The number of para-hydroxylation sites is 1. The van der Waals surface area contributed by atoms with E-state index in [1.807, 2.05) is 24.3 Å². The zero-order valence-electron chi connectivity index (χ0n) is 16.2. The Labute approximate surface area is 189 Å². The van der Waals surface area contributed by atoms with Gasteiger partial charge in [-0.05, 0) is 71.5 Å². The number of carbonyl (C=O) groups is 1. The van der Waals surface area contributed by atoms with Crippen molar-refractivity contribution in [3.63, 3.8) is 0 Å². The monoisotopic (exact) mass is 533 g/mol. The van der Waals surface area contributed by atoms with E-state index in [1.54, 1.807) is 55.5 Å². The third-order valence-corrected chi connectivity index (χ3v) is 6.78. The molecule has 1 N–H and O–H groups in total. The molecular weight excluding hydrogens is 513 g/mol. The molecular formula is C22H20IN3O3S. The van der Waals surface area contributed by atoms with E-state index in [-0.39, 0.29) is 4.90 Å². The smallest absolute Gasteiger partial charge is 0.264 e. The van der Waals surface area contributed by atoms with Crippen LogP contribution < -0.4 is 9.73 Å². The van der Waals surface area contributed by atoms with E-state index in [1.165, 1.54) is 12.1 Å². The first-order valence-electron chi connectivity index (χ1n) is 9.10. The third kappa shape index (κ3) is 5.45. The van der Waals surface area contributed by atoms with Crippen molar-refractivity contribution in [3.05, 3.63) is 94.1 Å². The molecule has 0 fully saturated rings. The number of amides is 1. The van der Waals surface area contributed by atoms with Gasteiger partial charge < -0.3 is 0 Å². The van der Waals surface area contributed by atoms with Crippen molar-refractivity contribution in [3.8, 4) is 0 Å². The summed E-state index contributed by atoms with van der Waals surface area (Å²) < 4.78 is 28.5. The normalized spacial score (nSPS) is 11.7. The molecule has 154 valence electrons. The summed E-state index contributed by atoms with van der Waals surface area (Å²) in [5.74, 6) is -0.539. The lowest BCUT2D eigenvalue weighted by molar-refractivity contribution is -0.119. The predicted molar refractivity (Wildman–Crippen MR) is 127 cm³/mol. The van der Waals surface area contributed by atoms with Crippen LogP contribution in [0, 0.1) is 3.57 Å². The van der Waals surface area contributed by atoms with Gasteiger partial charge in [0, 0.05) is 3.57 Å². The molecule has 0 saturated heterocycles. The number of sulfonamides is 1. The Morgan fingerprint density at radius 3 is 2.10 bits per heavy atom. The maximum absolute atomic E-state index is 13.2. The van der Waals surface area contributed by atoms with E-state index < -0.39 is 22.5 Å². The summed E-state index contributed by atoms with van der Waals surface area (Å²) >= 11 is 2.21. The zero-order valence-corrected chi connectivity index (χ0v) is 19.2. The predicted octanol–water partition coefficient (Wildman–Crippen LogP) is 4.03. The summed E-state index contributed by atoms with van der Waals surface area (Å²) in [4.78, 5) is 12.7. The first kappa shape index (κ1) is 22.0. The number of rotatable bonds is 7. The molecule has 1 amide bonds. The molecule has 0 radical (unpaired) electrons. The van der Waals surface area contributed by atoms with Crippen molar-refractivity contribution in [1.82, 2.24) is 5.43 Å². The number of carbonyl (C=O) groups excluding carboxylic acids is 1. The Morgan fingerprint density at radius 2 is 1.50 bits per heavy atom. The second-order valence-electron chi connectivity index (χ2n) is 6.40. The van der Waals surface area contributed by atoms with Crippen molar-refractivity contribution in [1.29, 1.82) is 0 Å². The Balaban J connectivity index is 1.82. The van der Waals surface area contributed by atoms with Crippen LogP contribution in [0.3, 0.4) is 0 Å². The van der Waals surface area contributed by atoms with E-state index in [2.05, 4.69) is 33.1 Å². The SMILES string of the molecule is C/C(=N/NC(=O)CN(c1ccccc1)S(=O)(=O)c1ccccc1)c1ccc(I)cc1. The van der Waals surface area contributed by atoms with Crippen molar-refractivity contribution in [2.45, 2.75) is 11.8 Å². The van der Waals surface area contributed by atoms with Gasteiger partial charge in [0.15, 0.2) is 0 Å². The minimum absolute atomic E-state index is 0.111. The molecule has 30 heavy (non-hydrogen) atoms. The molecule has 0 aromatic heterocycles. The number of anilines is 1. The van der Waals surface area contributed by atoms with E-state index in [9.17, 15) is 13.2 Å². The summed E-state index contributed by atoms with van der Waals surface area (Å²) in [6.45, 7) is 1.38.